The van der Waals surface area contributed by atoms with Crippen LogP contribution in [0.5, 0.6) is 0 Å². The highest BCUT2D eigenvalue weighted by Crippen LogP contribution is 2.17. The van der Waals surface area contributed by atoms with Gasteiger partial charge in [0.1, 0.15) is 6.26 Å². The summed E-state index contributed by atoms with van der Waals surface area (Å²) >= 11 is 0. The Bertz CT molecular complexity index is 838. The lowest BCUT2D eigenvalue weighted by Gasteiger charge is -2.25. The maximum atomic E-state index is 12.5. The molecule has 8 heteroatoms. The van der Waals surface area contributed by atoms with Gasteiger partial charge >= 0.3 is 0 Å². The van der Waals surface area contributed by atoms with Gasteiger partial charge in [-0.05, 0) is 38.3 Å². The van der Waals surface area contributed by atoms with Crippen molar-refractivity contribution in [1.29, 1.82) is 0 Å². The van der Waals surface area contributed by atoms with Crippen molar-refractivity contribution in [3.8, 4) is 0 Å². The molecule has 1 aliphatic heterocycles. The SMILES string of the molecule is CCC(=O)N(Cc1cccn1Cc1nc(C(=O)N[C@@H](C)CC)co1)C[C@H]1CCCO1. The monoisotopic (exact) mass is 416 g/mol. The van der Waals surface area contributed by atoms with E-state index >= 15 is 0 Å². The zero-order valence-electron chi connectivity index (χ0n) is 18.1. The Kier molecular flexibility index (Phi) is 7.68. The van der Waals surface area contributed by atoms with Crippen molar-refractivity contribution < 1.29 is 18.7 Å². The molecule has 30 heavy (non-hydrogen) atoms. The van der Waals surface area contributed by atoms with E-state index in [0.29, 0.717) is 31.9 Å². The van der Waals surface area contributed by atoms with Crippen molar-refractivity contribution in [2.45, 2.75) is 71.7 Å². The summed E-state index contributed by atoms with van der Waals surface area (Å²) in [4.78, 5) is 30.9. The quantitative estimate of drug-likeness (QED) is 0.643. The minimum Gasteiger partial charge on any atom is -0.446 e. The maximum absolute atomic E-state index is 12.5. The standard InChI is InChI=1S/C22H32N4O4/c1-4-16(3)23-22(28)19-15-30-20(24-19)14-25-10-6-8-17(25)12-26(21(27)5-2)13-18-9-7-11-29-18/h6,8,10,15-16,18H,4-5,7,9,11-14H2,1-3H3,(H,23,28)/t16-,18+/m0/s1. The van der Waals surface area contributed by atoms with Gasteiger partial charge in [-0.2, -0.15) is 0 Å². The molecule has 2 aromatic rings. The molecule has 3 rings (SSSR count). The Morgan fingerprint density at radius 2 is 2.23 bits per heavy atom. The van der Waals surface area contributed by atoms with Gasteiger partial charge < -0.3 is 23.9 Å². The first kappa shape index (κ1) is 22.1. The van der Waals surface area contributed by atoms with Crippen molar-refractivity contribution in [3.63, 3.8) is 0 Å². The zero-order chi connectivity index (χ0) is 21.5. The second-order valence-corrected chi connectivity index (χ2v) is 7.80. The number of ether oxygens (including phenoxy) is 1. The van der Waals surface area contributed by atoms with Gasteiger partial charge in [-0.3, -0.25) is 9.59 Å². The average molecular weight is 417 g/mol. The molecule has 8 nitrogen and oxygen atoms in total. The number of rotatable bonds is 10. The van der Waals surface area contributed by atoms with Gasteiger partial charge in [-0.25, -0.2) is 4.98 Å². The highest BCUT2D eigenvalue weighted by Gasteiger charge is 2.23. The Labute approximate surface area is 177 Å². The number of hydrogen-bond acceptors (Lipinski definition) is 5. The number of carbonyl (C=O) groups is 2. The van der Waals surface area contributed by atoms with Gasteiger partial charge in [0.2, 0.25) is 11.8 Å². The first-order valence-corrected chi connectivity index (χ1v) is 10.8. The Balaban J connectivity index is 1.65. The van der Waals surface area contributed by atoms with Crippen molar-refractivity contribution in [3.05, 3.63) is 41.9 Å². The second kappa shape index (κ2) is 10.4. The molecular weight excluding hydrogens is 384 g/mol. The van der Waals surface area contributed by atoms with Crippen LogP contribution in [0.1, 0.15) is 68.5 Å². The molecule has 1 N–H and O–H groups in total. The van der Waals surface area contributed by atoms with Crippen molar-refractivity contribution in [2.75, 3.05) is 13.2 Å². The lowest BCUT2D eigenvalue weighted by Crippen LogP contribution is -2.37. The molecule has 1 fully saturated rings. The van der Waals surface area contributed by atoms with Gasteiger partial charge in [-0.15, -0.1) is 0 Å². The molecule has 1 aliphatic rings. The summed E-state index contributed by atoms with van der Waals surface area (Å²) in [6.07, 6.45) is 6.78. The van der Waals surface area contributed by atoms with Gasteiger partial charge in [0, 0.05) is 37.5 Å². The van der Waals surface area contributed by atoms with Crippen LogP contribution >= 0.6 is 0 Å². The first-order valence-electron chi connectivity index (χ1n) is 10.8. The normalized spacial score (nSPS) is 17.1. The van der Waals surface area contributed by atoms with Crippen LogP contribution in [0.25, 0.3) is 0 Å². The number of amides is 2. The highest BCUT2D eigenvalue weighted by molar-refractivity contribution is 5.92. The number of hydrogen-bond donors (Lipinski definition) is 1. The van der Waals surface area contributed by atoms with E-state index in [4.69, 9.17) is 9.15 Å². The summed E-state index contributed by atoms with van der Waals surface area (Å²) in [5, 5.41) is 2.88. The van der Waals surface area contributed by atoms with Gasteiger partial charge in [0.15, 0.2) is 5.69 Å². The fourth-order valence-electron chi connectivity index (χ4n) is 3.49. The van der Waals surface area contributed by atoms with E-state index in [-0.39, 0.29) is 29.7 Å². The highest BCUT2D eigenvalue weighted by atomic mass is 16.5. The summed E-state index contributed by atoms with van der Waals surface area (Å²) in [7, 11) is 0. The van der Waals surface area contributed by atoms with Crippen LogP contribution in [0.2, 0.25) is 0 Å². The van der Waals surface area contributed by atoms with Gasteiger partial charge in [0.05, 0.1) is 19.2 Å². The van der Waals surface area contributed by atoms with E-state index in [1.54, 1.807) is 0 Å². The van der Waals surface area contributed by atoms with Crippen LogP contribution in [0.4, 0.5) is 0 Å². The van der Waals surface area contributed by atoms with E-state index in [1.165, 1.54) is 6.26 Å². The van der Waals surface area contributed by atoms with Crippen molar-refractivity contribution in [2.24, 2.45) is 0 Å². The van der Waals surface area contributed by atoms with Crippen LogP contribution in [0.3, 0.4) is 0 Å². The maximum Gasteiger partial charge on any atom is 0.273 e. The Hall–Kier alpha value is -2.61. The van der Waals surface area contributed by atoms with Gasteiger partial charge in [0.25, 0.3) is 5.91 Å². The minimum atomic E-state index is -0.233. The molecule has 0 saturated carbocycles. The van der Waals surface area contributed by atoms with Crippen LogP contribution in [0.15, 0.2) is 29.0 Å². The molecule has 0 unspecified atom stereocenters. The summed E-state index contributed by atoms with van der Waals surface area (Å²) in [6.45, 7) is 8.11. The largest absolute Gasteiger partial charge is 0.446 e. The van der Waals surface area contributed by atoms with Crippen molar-refractivity contribution in [1.82, 2.24) is 19.8 Å². The number of nitrogens with zero attached hydrogens (tertiary/aromatic N) is 3. The molecule has 0 radical (unpaired) electrons. The smallest absolute Gasteiger partial charge is 0.273 e. The van der Waals surface area contributed by atoms with E-state index in [9.17, 15) is 9.59 Å². The molecule has 164 valence electrons. The predicted molar refractivity (Wildman–Crippen MR) is 112 cm³/mol. The van der Waals surface area contributed by atoms with E-state index in [0.717, 1.165) is 31.6 Å². The van der Waals surface area contributed by atoms with Crippen LogP contribution in [-0.2, 0) is 22.6 Å². The van der Waals surface area contributed by atoms with Crippen molar-refractivity contribution >= 4 is 11.8 Å². The lowest BCUT2D eigenvalue weighted by molar-refractivity contribution is -0.133. The zero-order valence-corrected chi connectivity index (χ0v) is 18.1. The Morgan fingerprint density at radius 3 is 2.93 bits per heavy atom. The molecule has 3 heterocycles. The molecule has 2 amide bonds. The third kappa shape index (κ3) is 5.72. The van der Waals surface area contributed by atoms with Crippen LogP contribution in [-0.4, -0.2) is 51.6 Å². The first-order chi connectivity index (χ1) is 14.5. The third-order valence-corrected chi connectivity index (χ3v) is 5.46. The topological polar surface area (TPSA) is 89.6 Å². The number of aromatic nitrogens is 2. The third-order valence-electron chi connectivity index (χ3n) is 5.46. The fraction of sp³-hybridized carbons (Fsp3) is 0.591. The average Bonchev–Trinajstić information content (AvgIpc) is 3.50. The second-order valence-electron chi connectivity index (χ2n) is 7.80. The molecule has 0 aromatic carbocycles. The summed E-state index contributed by atoms with van der Waals surface area (Å²) in [5.74, 6) is 0.330. The van der Waals surface area contributed by atoms with E-state index in [2.05, 4.69) is 10.3 Å². The van der Waals surface area contributed by atoms with Crippen LogP contribution < -0.4 is 5.32 Å². The van der Waals surface area contributed by atoms with Gasteiger partial charge in [-0.1, -0.05) is 13.8 Å². The summed E-state index contributed by atoms with van der Waals surface area (Å²) < 4.78 is 13.2. The number of oxazole rings is 1. The molecular formula is C22H32N4O4. The summed E-state index contributed by atoms with van der Waals surface area (Å²) in [5.41, 5.74) is 1.26. The molecule has 1 saturated heterocycles. The molecule has 2 aromatic heterocycles. The van der Waals surface area contributed by atoms with E-state index in [1.807, 2.05) is 48.6 Å². The molecule has 0 spiro atoms. The Morgan fingerprint density at radius 1 is 1.40 bits per heavy atom. The lowest BCUT2D eigenvalue weighted by atomic mass is 10.2. The summed E-state index contributed by atoms with van der Waals surface area (Å²) in [6, 6.07) is 4.01. The number of nitrogens with one attached hydrogen (secondary N) is 1. The minimum absolute atomic E-state index is 0.0830. The van der Waals surface area contributed by atoms with Crippen LogP contribution in [0, 0.1) is 0 Å². The molecule has 0 aliphatic carbocycles. The number of carbonyl (C=O) groups excluding carboxylic acids is 2. The van der Waals surface area contributed by atoms with E-state index < -0.39 is 0 Å². The predicted octanol–water partition coefficient (Wildman–Crippen LogP) is 2.97. The molecule has 2 atom stereocenters. The fourth-order valence-corrected chi connectivity index (χ4v) is 3.49. The molecule has 0 bridgehead atoms.